The molecule has 0 spiro atoms. The Hall–Kier alpha value is -5.04. The molecule has 2 saturated carbocycles. The first-order valence-electron chi connectivity index (χ1n) is 16.7. The highest BCUT2D eigenvalue weighted by molar-refractivity contribution is 8.00. The highest BCUT2D eigenvalue weighted by Crippen LogP contribution is 2.68. The van der Waals surface area contributed by atoms with E-state index in [1.807, 2.05) is 19.1 Å². The van der Waals surface area contributed by atoms with E-state index in [0.717, 1.165) is 26.8 Å². The van der Waals surface area contributed by atoms with E-state index >= 15 is 0 Å². The monoisotopic (exact) mass is 777 g/mol. The van der Waals surface area contributed by atoms with Crippen LogP contribution in [0.1, 0.15) is 29.7 Å². The number of aromatic nitrogens is 1. The predicted molar refractivity (Wildman–Crippen MR) is 194 cm³/mol. The number of amides is 3. The van der Waals surface area contributed by atoms with E-state index in [1.54, 1.807) is 17.8 Å². The number of rotatable bonds is 10. The zero-order valence-electron chi connectivity index (χ0n) is 27.8. The fourth-order valence-electron chi connectivity index (χ4n) is 8.54. The van der Waals surface area contributed by atoms with Crippen molar-refractivity contribution in [3.8, 4) is 11.5 Å². The number of carbonyl (C=O) groups is 3. The molecular formula is C35H31N5O10S3. The zero-order valence-corrected chi connectivity index (χ0v) is 30.2. The van der Waals surface area contributed by atoms with Crippen LogP contribution < -0.4 is 29.7 Å². The van der Waals surface area contributed by atoms with Crippen molar-refractivity contribution in [1.29, 1.82) is 0 Å². The summed E-state index contributed by atoms with van der Waals surface area (Å²) in [6.07, 6.45) is 0.679. The lowest BCUT2D eigenvalue weighted by atomic mass is 9.68. The van der Waals surface area contributed by atoms with Gasteiger partial charge in [-0.25, -0.2) is 13.6 Å². The molecule has 4 aromatic rings. The van der Waals surface area contributed by atoms with Gasteiger partial charge in [0.15, 0.2) is 18.1 Å². The Morgan fingerprint density at radius 2 is 1.70 bits per heavy atom. The number of nitrogens with one attached hydrogen (secondary N) is 2. The largest absolute Gasteiger partial charge is 0.490 e. The number of sulfonamides is 1. The molecule has 2 aliphatic carbocycles. The van der Waals surface area contributed by atoms with E-state index in [-0.39, 0.29) is 62.8 Å². The maximum atomic E-state index is 14.1. The van der Waals surface area contributed by atoms with Gasteiger partial charge in [-0.05, 0) is 85.2 Å². The number of thiazole rings is 1. The summed E-state index contributed by atoms with van der Waals surface area (Å²) in [5.74, 6) is -2.19. The van der Waals surface area contributed by atoms with Gasteiger partial charge in [-0.15, -0.1) is 11.8 Å². The molecule has 8 rings (SSSR count). The van der Waals surface area contributed by atoms with E-state index in [2.05, 4.69) is 10.3 Å². The number of hydrogen-bond acceptors (Lipinski definition) is 12. The van der Waals surface area contributed by atoms with Gasteiger partial charge in [-0.1, -0.05) is 17.4 Å². The Morgan fingerprint density at radius 1 is 1.00 bits per heavy atom. The van der Waals surface area contributed by atoms with Crippen molar-refractivity contribution in [1.82, 2.24) is 4.98 Å². The van der Waals surface area contributed by atoms with Crippen LogP contribution in [0.25, 0.3) is 0 Å². The molecule has 2 bridgehead atoms. The fraction of sp³-hybridized carbons (Fsp3) is 0.314. The maximum absolute atomic E-state index is 14.1. The number of imide groups is 1. The van der Waals surface area contributed by atoms with Gasteiger partial charge in [-0.2, -0.15) is 0 Å². The minimum Gasteiger partial charge on any atom is -0.490 e. The number of hydrogen-bond donors (Lipinski definition) is 3. The van der Waals surface area contributed by atoms with Crippen molar-refractivity contribution < 1.29 is 37.2 Å². The van der Waals surface area contributed by atoms with Crippen LogP contribution in [0.2, 0.25) is 0 Å². The van der Waals surface area contributed by atoms with Crippen molar-refractivity contribution in [2.24, 2.45) is 34.7 Å². The van der Waals surface area contributed by atoms with Crippen LogP contribution in [0, 0.1) is 39.7 Å². The van der Waals surface area contributed by atoms with Crippen molar-refractivity contribution in [2.45, 2.75) is 34.4 Å². The standard InChI is InChI=1S/C35H31N5O10S3/c1-2-49-24-13-16(3-12-23(24)50-15-25(41)37-17-4-10-20(11-5-17)53(36,47)48)26-27-21-14-22(30(27)51-32-31(26)52-35(44)38-32)29-28(21)33(42)39(34(29)43)18-6-8-19(9-7-18)40(45)46/h3-13,21-22,26-30H,2,14-15H2,1H3,(H,37,41)(H,38,44)(H2,36,47,48)/t21-,22-,26+,27-,28+,29+,30-/m1/s1. The second kappa shape index (κ2) is 13.1. The smallest absolute Gasteiger partial charge is 0.305 e. The normalized spacial score (nSPS) is 25.5. The second-order valence-corrected chi connectivity index (χ2v) is 17.1. The third-order valence-corrected chi connectivity index (χ3v) is 14.0. The lowest BCUT2D eigenvalue weighted by molar-refractivity contribution is -0.384. The number of carbonyl (C=O) groups excluding carboxylic acids is 3. The molecule has 7 atom stereocenters. The van der Waals surface area contributed by atoms with Crippen LogP contribution in [0.4, 0.5) is 17.1 Å². The highest BCUT2D eigenvalue weighted by atomic mass is 32.2. The van der Waals surface area contributed by atoms with Crippen LogP contribution in [-0.2, 0) is 24.4 Å². The number of nitro benzene ring substituents is 1. The van der Waals surface area contributed by atoms with E-state index in [0.29, 0.717) is 35.9 Å². The molecule has 4 aliphatic rings. The number of anilines is 2. The molecule has 3 aromatic carbocycles. The number of H-pyrrole nitrogens is 1. The summed E-state index contributed by atoms with van der Waals surface area (Å²) in [6.45, 7) is 1.73. The van der Waals surface area contributed by atoms with Gasteiger partial charge in [-0.3, -0.25) is 34.2 Å². The lowest BCUT2D eigenvalue weighted by Gasteiger charge is -2.43. The summed E-state index contributed by atoms with van der Waals surface area (Å²) in [4.78, 5) is 68.9. The van der Waals surface area contributed by atoms with E-state index in [1.165, 1.54) is 53.4 Å². The van der Waals surface area contributed by atoms with E-state index < -0.39 is 32.7 Å². The first-order valence-corrected chi connectivity index (χ1v) is 19.9. The fourth-order valence-corrected chi connectivity index (χ4v) is 11.9. The number of primary sulfonamides is 1. The van der Waals surface area contributed by atoms with Gasteiger partial charge in [0.1, 0.15) is 0 Å². The SMILES string of the molecule is CCOc1cc([C@@H]2c3sc(=O)[nH]c3S[C@@H]3[C@@H]4C[C@@H]([C@@H]5C(=O)N(c6ccc([N+](=O)[O-])cc6)C(=O)[C@@H]45)[C@H]23)ccc1OCC(=O)Nc1ccc(S(N)(=O)=O)cc1. The van der Waals surface area contributed by atoms with Crippen molar-refractivity contribution in [2.75, 3.05) is 23.4 Å². The minimum absolute atomic E-state index is 0.0632. The minimum atomic E-state index is -3.88. The van der Waals surface area contributed by atoms with Gasteiger partial charge >= 0.3 is 4.87 Å². The van der Waals surface area contributed by atoms with Gasteiger partial charge in [0, 0.05) is 33.9 Å². The van der Waals surface area contributed by atoms with E-state index in [4.69, 9.17) is 14.6 Å². The van der Waals surface area contributed by atoms with Crippen molar-refractivity contribution in [3.05, 3.63) is 97.0 Å². The maximum Gasteiger partial charge on any atom is 0.305 e. The average Bonchev–Trinajstić information content (AvgIpc) is 3.86. The van der Waals surface area contributed by atoms with Crippen LogP contribution in [0.5, 0.6) is 11.5 Å². The summed E-state index contributed by atoms with van der Waals surface area (Å²) >= 11 is 2.68. The third-order valence-electron chi connectivity index (χ3n) is 10.5. The third kappa shape index (κ3) is 5.98. The summed E-state index contributed by atoms with van der Waals surface area (Å²) in [7, 11) is -3.88. The summed E-state index contributed by atoms with van der Waals surface area (Å²) in [5, 5.41) is 19.7. The zero-order chi connectivity index (χ0) is 37.3. The molecule has 0 unspecified atom stereocenters. The molecule has 18 heteroatoms. The molecule has 2 aliphatic heterocycles. The molecule has 53 heavy (non-hydrogen) atoms. The van der Waals surface area contributed by atoms with E-state index in [9.17, 15) is 37.7 Å². The Balaban J connectivity index is 1.06. The number of nitro groups is 1. The molecule has 3 amide bonds. The number of aromatic amines is 1. The Kier molecular flexibility index (Phi) is 8.67. The van der Waals surface area contributed by atoms with Crippen LogP contribution in [0.3, 0.4) is 0 Å². The molecule has 274 valence electrons. The number of thioether (sulfide) groups is 1. The molecule has 15 nitrogen and oxygen atoms in total. The Labute approximate surface area is 310 Å². The Bertz CT molecular complexity index is 2340. The number of fused-ring (bicyclic) bond motifs is 9. The molecule has 1 saturated heterocycles. The quantitative estimate of drug-likeness (QED) is 0.118. The average molecular weight is 778 g/mol. The van der Waals surface area contributed by atoms with Crippen molar-refractivity contribution in [3.63, 3.8) is 0 Å². The van der Waals surface area contributed by atoms with Gasteiger partial charge in [0.05, 0.1) is 39.0 Å². The number of non-ortho nitro benzene ring substituents is 1. The molecule has 1 aromatic heterocycles. The first kappa shape index (κ1) is 35.0. The summed E-state index contributed by atoms with van der Waals surface area (Å²) in [6, 6.07) is 16.2. The second-order valence-electron chi connectivity index (χ2n) is 13.3. The van der Waals surface area contributed by atoms with Gasteiger partial charge < -0.3 is 19.8 Å². The topological polar surface area (TPSA) is 221 Å². The molecule has 4 N–H and O–H groups in total. The van der Waals surface area contributed by atoms with Crippen LogP contribution in [-0.4, -0.2) is 54.5 Å². The number of ether oxygens (including phenoxy) is 2. The van der Waals surface area contributed by atoms with Crippen molar-refractivity contribution >= 4 is 67.9 Å². The molecular weight excluding hydrogens is 747 g/mol. The Morgan fingerprint density at radius 3 is 2.36 bits per heavy atom. The highest BCUT2D eigenvalue weighted by Gasteiger charge is 2.69. The molecule has 3 fully saturated rings. The summed E-state index contributed by atoms with van der Waals surface area (Å²) < 4.78 is 34.9. The number of nitrogens with zero attached hydrogens (tertiary/aromatic N) is 2. The van der Waals surface area contributed by atoms with Gasteiger partial charge in [0.2, 0.25) is 21.8 Å². The van der Waals surface area contributed by atoms with Gasteiger partial charge in [0.25, 0.3) is 11.6 Å². The number of benzene rings is 3. The lowest BCUT2D eigenvalue weighted by Crippen LogP contribution is -2.42. The molecule has 3 heterocycles. The van der Waals surface area contributed by atoms with Crippen LogP contribution in [0.15, 0.2) is 81.4 Å². The summed E-state index contributed by atoms with van der Waals surface area (Å²) in [5.41, 5.74) is 1.35. The predicted octanol–water partition coefficient (Wildman–Crippen LogP) is 4.09. The van der Waals surface area contributed by atoms with Crippen LogP contribution >= 0.6 is 23.1 Å². The first-order chi connectivity index (χ1) is 25.3. The number of nitrogens with two attached hydrogens (primary N) is 1. The molecule has 0 radical (unpaired) electrons.